The van der Waals surface area contributed by atoms with Crippen LogP contribution in [0.5, 0.6) is 11.5 Å². The van der Waals surface area contributed by atoms with Crippen molar-refractivity contribution >= 4 is 0 Å². The third-order valence-corrected chi connectivity index (χ3v) is 5.58. The molecule has 1 atom stereocenters. The van der Waals surface area contributed by atoms with Gasteiger partial charge in [0.05, 0.1) is 7.11 Å². The number of aromatic hydroxyl groups is 1. The Hall–Kier alpha value is -2.11. The fourth-order valence-corrected chi connectivity index (χ4v) is 4.16. The molecular weight excluding hydrogens is 355 g/mol. The van der Waals surface area contributed by atoms with Crippen LogP contribution in [-0.2, 0) is 13.0 Å². The molecule has 2 aromatic carbocycles. The summed E-state index contributed by atoms with van der Waals surface area (Å²) in [4.78, 5) is 4.71. The molecule has 1 N–H and O–H groups in total. The van der Waals surface area contributed by atoms with Gasteiger partial charge in [-0.1, -0.05) is 24.3 Å². The van der Waals surface area contributed by atoms with Crippen LogP contribution in [0.2, 0.25) is 0 Å². The highest BCUT2D eigenvalue weighted by Gasteiger charge is 2.22. The topological polar surface area (TPSA) is 35.9 Å². The number of phenols is 1. The minimum Gasteiger partial charge on any atom is -0.507 e. The first-order valence-electron chi connectivity index (χ1n) is 10.1. The molecule has 1 aliphatic rings. The fraction of sp³-hybridized carbons (Fsp3) is 0.478. The van der Waals surface area contributed by atoms with Crippen molar-refractivity contribution in [3.63, 3.8) is 0 Å². The van der Waals surface area contributed by atoms with E-state index in [1.54, 1.807) is 25.3 Å². The predicted octanol–water partition coefficient (Wildman–Crippen LogP) is 3.93. The van der Waals surface area contributed by atoms with Crippen molar-refractivity contribution in [2.45, 2.75) is 25.8 Å². The second-order valence-corrected chi connectivity index (χ2v) is 7.80. The Morgan fingerprint density at radius 3 is 2.82 bits per heavy atom. The molecule has 4 nitrogen and oxygen atoms in total. The lowest BCUT2D eigenvalue weighted by Crippen LogP contribution is -2.40. The van der Waals surface area contributed by atoms with Gasteiger partial charge in [0.1, 0.15) is 17.3 Å². The molecule has 0 aliphatic carbocycles. The van der Waals surface area contributed by atoms with Crippen LogP contribution in [-0.4, -0.2) is 55.2 Å². The number of halogens is 1. The van der Waals surface area contributed by atoms with Crippen LogP contribution in [0.4, 0.5) is 4.39 Å². The number of methoxy groups -OCH3 is 1. The summed E-state index contributed by atoms with van der Waals surface area (Å²) < 4.78 is 19.2. The molecule has 0 bridgehead atoms. The largest absolute Gasteiger partial charge is 0.507 e. The second kappa shape index (κ2) is 9.89. The molecule has 152 valence electrons. The number of nitrogens with zero attached hydrogens (tertiary/aromatic N) is 2. The third kappa shape index (κ3) is 5.46. The summed E-state index contributed by atoms with van der Waals surface area (Å²) in [6.45, 7) is 4.64. The van der Waals surface area contributed by atoms with Gasteiger partial charge in [-0.3, -0.25) is 0 Å². The first kappa shape index (κ1) is 20.6. The van der Waals surface area contributed by atoms with Crippen LogP contribution in [0.15, 0.2) is 42.5 Å². The molecule has 1 saturated heterocycles. The number of likely N-dealkylation sites (tertiary alicyclic amines) is 1. The van der Waals surface area contributed by atoms with E-state index in [-0.39, 0.29) is 11.6 Å². The van der Waals surface area contributed by atoms with Crippen molar-refractivity contribution in [2.75, 3.05) is 40.3 Å². The summed E-state index contributed by atoms with van der Waals surface area (Å²) in [5, 5.41) is 10.2. The second-order valence-electron chi connectivity index (χ2n) is 7.80. The third-order valence-electron chi connectivity index (χ3n) is 5.58. The van der Waals surface area contributed by atoms with Gasteiger partial charge in [0, 0.05) is 31.7 Å². The maximum absolute atomic E-state index is 13.8. The van der Waals surface area contributed by atoms with Gasteiger partial charge in [0.2, 0.25) is 0 Å². The van der Waals surface area contributed by atoms with E-state index >= 15 is 0 Å². The lowest BCUT2D eigenvalue weighted by molar-refractivity contribution is 0.141. The number of benzene rings is 2. The number of piperidine rings is 1. The highest BCUT2D eigenvalue weighted by molar-refractivity contribution is 5.43. The molecule has 0 saturated carbocycles. The first-order valence-corrected chi connectivity index (χ1v) is 10.1. The van der Waals surface area contributed by atoms with E-state index in [0.29, 0.717) is 12.5 Å². The van der Waals surface area contributed by atoms with Crippen LogP contribution >= 0.6 is 0 Å². The Balaban J connectivity index is 1.51. The molecule has 5 heteroatoms. The van der Waals surface area contributed by atoms with Crippen molar-refractivity contribution in [3.8, 4) is 11.5 Å². The van der Waals surface area contributed by atoms with Crippen molar-refractivity contribution in [3.05, 3.63) is 59.4 Å². The summed E-state index contributed by atoms with van der Waals surface area (Å²) in [5.74, 6) is 1.48. The van der Waals surface area contributed by atoms with E-state index in [4.69, 9.17) is 4.74 Å². The van der Waals surface area contributed by atoms with Gasteiger partial charge in [-0.2, -0.15) is 0 Å². The number of phenolic OH excluding ortho intramolecular Hbond substituents is 1. The Morgan fingerprint density at radius 1 is 1.21 bits per heavy atom. The Labute approximate surface area is 167 Å². The van der Waals surface area contributed by atoms with Gasteiger partial charge in [0.15, 0.2) is 0 Å². The minimum absolute atomic E-state index is 0.104. The van der Waals surface area contributed by atoms with Crippen LogP contribution in [0.1, 0.15) is 24.0 Å². The van der Waals surface area contributed by atoms with Gasteiger partial charge in [-0.15, -0.1) is 0 Å². The fourth-order valence-electron chi connectivity index (χ4n) is 4.16. The molecule has 28 heavy (non-hydrogen) atoms. The van der Waals surface area contributed by atoms with E-state index in [0.717, 1.165) is 49.5 Å². The van der Waals surface area contributed by atoms with Crippen molar-refractivity contribution in [1.82, 2.24) is 9.80 Å². The molecule has 2 aromatic rings. The van der Waals surface area contributed by atoms with E-state index < -0.39 is 0 Å². The van der Waals surface area contributed by atoms with Crippen LogP contribution in [0, 0.1) is 11.7 Å². The average molecular weight is 387 g/mol. The molecule has 0 amide bonds. The lowest BCUT2D eigenvalue weighted by Gasteiger charge is -2.35. The smallest absolute Gasteiger partial charge is 0.127 e. The lowest BCUT2D eigenvalue weighted by atomic mass is 9.96. The minimum atomic E-state index is -0.104. The number of rotatable bonds is 8. The quantitative estimate of drug-likeness (QED) is 0.746. The first-order chi connectivity index (χ1) is 13.6. The van der Waals surface area contributed by atoms with Gasteiger partial charge in [0.25, 0.3) is 0 Å². The zero-order chi connectivity index (χ0) is 19.9. The molecule has 0 spiro atoms. The SMILES string of the molecule is COc1cccc(O)c1CN(C)C[C@@H]1CCCN(CCc2ccccc2F)C1. The average Bonchev–Trinajstić information content (AvgIpc) is 2.69. The van der Waals surface area contributed by atoms with Crippen LogP contribution in [0.3, 0.4) is 0 Å². The summed E-state index contributed by atoms with van der Waals surface area (Å²) >= 11 is 0. The molecule has 0 unspecified atom stereocenters. The predicted molar refractivity (Wildman–Crippen MR) is 110 cm³/mol. The summed E-state index contributed by atoms with van der Waals surface area (Å²) in [7, 11) is 3.72. The Bertz CT molecular complexity index is 768. The van der Waals surface area contributed by atoms with E-state index in [9.17, 15) is 9.50 Å². The van der Waals surface area contributed by atoms with Crippen molar-refractivity contribution in [1.29, 1.82) is 0 Å². The molecule has 1 heterocycles. The molecule has 3 rings (SSSR count). The molecule has 1 fully saturated rings. The maximum atomic E-state index is 13.8. The molecular formula is C23H31FN2O2. The Kier molecular flexibility index (Phi) is 7.29. The number of ether oxygens (including phenoxy) is 1. The number of hydrogen-bond acceptors (Lipinski definition) is 4. The van der Waals surface area contributed by atoms with Gasteiger partial charge in [-0.05, 0) is 62.5 Å². The van der Waals surface area contributed by atoms with Crippen molar-refractivity contribution < 1.29 is 14.2 Å². The summed E-state index contributed by atoms with van der Waals surface area (Å²) in [5.41, 5.74) is 1.63. The van der Waals surface area contributed by atoms with E-state index in [2.05, 4.69) is 16.8 Å². The van der Waals surface area contributed by atoms with Gasteiger partial charge in [-0.25, -0.2) is 4.39 Å². The van der Waals surface area contributed by atoms with Gasteiger partial charge < -0.3 is 19.6 Å². The van der Waals surface area contributed by atoms with Crippen molar-refractivity contribution in [2.24, 2.45) is 5.92 Å². The maximum Gasteiger partial charge on any atom is 0.127 e. The van der Waals surface area contributed by atoms with Crippen LogP contribution in [0.25, 0.3) is 0 Å². The molecule has 0 radical (unpaired) electrons. The summed E-state index contributed by atoms with van der Waals surface area (Å²) in [6.07, 6.45) is 3.14. The molecule has 0 aromatic heterocycles. The number of hydrogen-bond donors (Lipinski definition) is 1. The Morgan fingerprint density at radius 2 is 2.04 bits per heavy atom. The highest BCUT2D eigenvalue weighted by atomic mass is 19.1. The normalized spacial score (nSPS) is 17.8. The zero-order valence-electron chi connectivity index (χ0n) is 16.9. The molecule has 1 aliphatic heterocycles. The summed E-state index contributed by atoms with van der Waals surface area (Å²) in [6, 6.07) is 12.4. The van der Waals surface area contributed by atoms with Gasteiger partial charge >= 0.3 is 0 Å². The monoisotopic (exact) mass is 386 g/mol. The zero-order valence-corrected chi connectivity index (χ0v) is 16.9. The highest BCUT2D eigenvalue weighted by Crippen LogP contribution is 2.29. The van der Waals surface area contributed by atoms with Crippen LogP contribution < -0.4 is 4.74 Å². The standard InChI is InChI=1S/C23H31FN2O2/c1-25(17-20-22(27)10-5-11-23(20)28-2)15-18-7-6-13-26(16-18)14-12-19-8-3-4-9-21(19)24/h3-5,8-11,18,27H,6-7,12-17H2,1-2H3/t18-/m0/s1. The van der Waals surface area contributed by atoms with E-state index in [1.165, 1.54) is 18.9 Å². The van der Waals surface area contributed by atoms with E-state index in [1.807, 2.05) is 18.2 Å².